The lowest BCUT2D eigenvalue weighted by Gasteiger charge is -2.03. The molecule has 0 aliphatic heterocycles. The van der Waals surface area contributed by atoms with Crippen molar-refractivity contribution in [1.82, 2.24) is 0 Å². The minimum atomic E-state index is -0.529. The SMILES string of the molecule is CC.COc1cccc(/C=C/C(C)=O)c1[N+](=O)[O-]. The molecule has 0 bridgehead atoms. The number of nitro benzene ring substituents is 1. The van der Waals surface area contributed by atoms with Gasteiger partial charge in [0.25, 0.3) is 0 Å². The summed E-state index contributed by atoms with van der Waals surface area (Å²) in [6.45, 7) is 5.38. The largest absolute Gasteiger partial charge is 0.490 e. The molecule has 0 aromatic heterocycles. The second kappa shape index (κ2) is 8.00. The van der Waals surface area contributed by atoms with Gasteiger partial charge in [-0.1, -0.05) is 19.9 Å². The first-order valence-corrected chi connectivity index (χ1v) is 5.56. The number of rotatable bonds is 4. The van der Waals surface area contributed by atoms with Gasteiger partial charge in [-0.2, -0.15) is 0 Å². The zero-order chi connectivity index (χ0) is 14.1. The van der Waals surface area contributed by atoms with E-state index < -0.39 is 4.92 Å². The molecule has 0 unspecified atom stereocenters. The predicted molar refractivity (Wildman–Crippen MR) is 70.7 cm³/mol. The first-order chi connectivity index (χ1) is 8.56. The number of methoxy groups -OCH3 is 1. The highest BCUT2D eigenvalue weighted by Gasteiger charge is 2.18. The summed E-state index contributed by atoms with van der Waals surface area (Å²) in [5.41, 5.74) is 0.210. The van der Waals surface area contributed by atoms with Gasteiger partial charge in [-0.25, -0.2) is 0 Å². The third kappa shape index (κ3) is 4.37. The molecule has 98 valence electrons. The average molecular weight is 251 g/mol. The molecule has 0 amide bonds. The molecule has 5 heteroatoms. The highest BCUT2D eigenvalue weighted by atomic mass is 16.6. The number of benzene rings is 1. The number of nitro groups is 1. The first-order valence-electron chi connectivity index (χ1n) is 5.56. The van der Waals surface area contributed by atoms with Gasteiger partial charge in [-0.3, -0.25) is 14.9 Å². The third-order valence-electron chi connectivity index (χ3n) is 1.93. The number of hydrogen-bond acceptors (Lipinski definition) is 4. The van der Waals surface area contributed by atoms with Crippen LogP contribution in [0.25, 0.3) is 6.08 Å². The van der Waals surface area contributed by atoms with Gasteiger partial charge in [0.05, 0.1) is 17.6 Å². The molecule has 1 aromatic carbocycles. The topological polar surface area (TPSA) is 69.4 Å². The third-order valence-corrected chi connectivity index (χ3v) is 1.93. The van der Waals surface area contributed by atoms with E-state index in [1.807, 2.05) is 13.8 Å². The number of carbonyl (C=O) groups is 1. The summed E-state index contributed by atoms with van der Waals surface area (Å²) in [5.74, 6) is 0.00724. The van der Waals surface area contributed by atoms with Crippen LogP contribution in [0, 0.1) is 10.1 Å². The fourth-order valence-electron chi connectivity index (χ4n) is 1.24. The highest BCUT2D eigenvalue weighted by Crippen LogP contribution is 2.31. The van der Waals surface area contributed by atoms with E-state index in [0.29, 0.717) is 5.56 Å². The second-order valence-electron chi connectivity index (χ2n) is 3.10. The molecule has 0 N–H and O–H groups in total. The summed E-state index contributed by atoms with van der Waals surface area (Å²) in [7, 11) is 1.36. The summed E-state index contributed by atoms with van der Waals surface area (Å²) in [6.07, 6.45) is 2.69. The average Bonchev–Trinajstić information content (AvgIpc) is 2.37. The number of hydrogen-bond donors (Lipinski definition) is 0. The van der Waals surface area contributed by atoms with E-state index in [0.717, 1.165) is 0 Å². The number of ether oxygens (including phenoxy) is 1. The number of nitrogens with zero attached hydrogens (tertiary/aromatic N) is 1. The van der Waals surface area contributed by atoms with E-state index in [9.17, 15) is 14.9 Å². The van der Waals surface area contributed by atoms with Crippen molar-refractivity contribution in [2.24, 2.45) is 0 Å². The lowest BCUT2D eigenvalue weighted by atomic mass is 10.1. The quantitative estimate of drug-likeness (QED) is 0.468. The lowest BCUT2D eigenvalue weighted by Crippen LogP contribution is -1.96. The molecule has 0 fully saturated rings. The summed E-state index contributed by atoms with van der Waals surface area (Å²) in [5, 5.41) is 10.9. The van der Waals surface area contributed by atoms with Crippen molar-refractivity contribution in [2.45, 2.75) is 20.8 Å². The monoisotopic (exact) mass is 251 g/mol. The lowest BCUT2D eigenvalue weighted by molar-refractivity contribution is -0.386. The maximum Gasteiger partial charge on any atom is 0.318 e. The summed E-state index contributed by atoms with van der Waals surface area (Å²) in [6, 6.07) is 4.69. The van der Waals surface area contributed by atoms with Gasteiger partial charge in [0, 0.05) is 0 Å². The number of carbonyl (C=O) groups excluding carboxylic acids is 1. The smallest absolute Gasteiger partial charge is 0.318 e. The molecule has 18 heavy (non-hydrogen) atoms. The van der Waals surface area contributed by atoms with Gasteiger partial charge < -0.3 is 4.74 Å². The first kappa shape index (κ1) is 15.8. The standard InChI is InChI=1S/C11H11NO4.C2H6/c1-8(13)6-7-9-4-3-5-10(16-2)11(9)12(14)15;1-2/h3-7H,1-2H3;1-2H3/b7-6+;. The van der Waals surface area contributed by atoms with E-state index in [2.05, 4.69) is 0 Å². The maximum absolute atomic E-state index is 10.9. The predicted octanol–water partition coefficient (Wildman–Crippen LogP) is 3.23. The Hall–Kier alpha value is -2.17. The van der Waals surface area contributed by atoms with Gasteiger partial charge in [0.15, 0.2) is 11.5 Å². The molecule has 0 aliphatic carbocycles. The Kier molecular flexibility index (Phi) is 7.04. The van der Waals surface area contributed by atoms with E-state index >= 15 is 0 Å². The minimum absolute atomic E-state index is 0.137. The molecule has 0 saturated carbocycles. The van der Waals surface area contributed by atoms with Crippen molar-refractivity contribution in [3.05, 3.63) is 40.0 Å². The molecule has 0 spiro atoms. The van der Waals surface area contributed by atoms with Gasteiger partial charge in [0.1, 0.15) is 0 Å². The molecule has 0 radical (unpaired) electrons. The summed E-state index contributed by atoms with van der Waals surface area (Å²) in [4.78, 5) is 21.1. The van der Waals surface area contributed by atoms with Crippen LogP contribution >= 0.6 is 0 Å². The van der Waals surface area contributed by atoms with Gasteiger partial charge in [-0.05, 0) is 31.2 Å². The highest BCUT2D eigenvalue weighted by molar-refractivity contribution is 5.92. The molecule has 0 aliphatic rings. The van der Waals surface area contributed by atoms with Crippen LogP contribution in [0.5, 0.6) is 5.75 Å². The van der Waals surface area contributed by atoms with Crippen molar-refractivity contribution in [3.63, 3.8) is 0 Å². The van der Waals surface area contributed by atoms with Crippen molar-refractivity contribution in [3.8, 4) is 5.75 Å². The van der Waals surface area contributed by atoms with Crippen LogP contribution in [0.2, 0.25) is 0 Å². The normalized spacial score (nSPS) is 9.56. The number of ketones is 1. The number of allylic oxidation sites excluding steroid dienone is 1. The van der Waals surface area contributed by atoms with Crippen LogP contribution in [-0.4, -0.2) is 17.8 Å². The van der Waals surface area contributed by atoms with E-state index in [4.69, 9.17) is 4.74 Å². The fraction of sp³-hybridized carbons (Fsp3) is 0.308. The summed E-state index contributed by atoms with van der Waals surface area (Å²) >= 11 is 0. The fourth-order valence-corrected chi connectivity index (χ4v) is 1.24. The van der Waals surface area contributed by atoms with Gasteiger partial charge in [0.2, 0.25) is 0 Å². The Bertz CT molecular complexity index is 452. The van der Waals surface area contributed by atoms with E-state index in [1.165, 1.54) is 32.3 Å². The summed E-state index contributed by atoms with van der Waals surface area (Å²) < 4.78 is 4.89. The Balaban J connectivity index is 0.00000137. The van der Waals surface area contributed by atoms with Gasteiger partial charge >= 0.3 is 5.69 Å². The van der Waals surface area contributed by atoms with Crippen molar-refractivity contribution >= 4 is 17.5 Å². The van der Waals surface area contributed by atoms with Crippen molar-refractivity contribution in [2.75, 3.05) is 7.11 Å². The minimum Gasteiger partial charge on any atom is -0.490 e. The van der Waals surface area contributed by atoms with E-state index in [-0.39, 0.29) is 17.2 Å². The van der Waals surface area contributed by atoms with Crippen molar-refractivity contribution < 1.29 is 14.5 Å². The molecular formula is C13H17NO4. The molecule has 0 atom stereocenters. The van der Waals surface area contributed by atoms with Crippen LogP contribution in [0.3, 0.4) is 0 Å². The molecule has 0 heterocycles. The molecule has 1 aromatic rings. The zero-order valence-corrected chi connectivity index (χ0v) is 11.0. The van der Waals surface area contributed by atoms with Crippen molar-refractivity contribution in [1.29, 1.82) is 0 Å². The number of para-hydroxylation sites is 1. The Morgan fingerprint density at radius 3 is 2.44 bits per heavy atom. The molecule has 0 saturated heterocycles. The Morgan fingerprint density at radius 2 is 2.00 bits per heavy atom. The Labute approximate surface area is 106 Å². The van der Waals surface area contributed by atoms with Crippen LogP contribution in [0.1, 0.15) is 26.3 Å². The van der Waals surface area contributed by atoms with E-state index in [1.54, 1.807) is 12.1 Å². The second-order valence-corrected chi connectivity index (χ2v) is 3.10. The Morgan fingerprint density at radius 1 is 1.39 bits per heavy atom. The molecule has 5 nitrogen and oxygen atoms in total. The van der Waals surface area contributed by atoms with Crippen LogP contribution in [-0.2, 0) is 4.79 Å². The molecular weight excluding hydrogens is 234 g/mol. The maximum atomic E-state index is 10.9. The van der Waals surface area contributed by atoms with Crippen LogP contribution in [0.4, 0.5) is 5.69 Å². The van der Waals surface area contributed by atoms with Gasteiger partial charge in [-0.15, -0.1) is 0 Å². The molecule has 1 rings (SSSR count). The van der Waals surface area contributed by atoms with Crippen LogP contribution in [0.15, 0.2) is 24.3 Å². The zero-order valence-electron chi connectivity index (χ0n) is 11.0. The van der Waals surface area contributed by atoms with Crippen LogP contribution < -0.4 is 4.74 Å².